The van der Waals surface area contributed by atoms with Gasteiger partial charge < -0.3 is 9.67 Å². The average Bonchev–Trinajstić information content (AvgIpc) is 2.97. The fourth-order valence-corrected chi connectivity index (χ4v) is 1.88. The Bertz CT molecular complexity index is 371. The molecule has 5 nitrogen and oxygen atoms in total. The number of aryl methyl sites for hydroxylation is 1. The molecular weight excluding hydrogens is 206 g/mol. The molecule has 0 bridgehead atoms. The zero-order valence-corrected chi connectivity index (χ0v) is 9.39. The highest BCUT2D eigenvalue weighted by atomic mass is 16.4. The van der Waals surface area contributed by atoms with Gasteiger partial charge in [0.25, 0.3) is 0 Å². The molecule has 1 heterocycles. The molecule has 1 aliphatic rings. The van der Waals surface area contributed by atoms with Crippen molar-refractivity contribution < 1.29 is 9.90 Å². The number of aliphatic carboxylic acids is 1. The van der Waals surface area contributed by atoms with E-state index in [1.54, 1.807) is 6.20 Å². The Balaban J connectivity index is 1.92. The molecular formula is C11H17N3O2. The van der Waals surface area contributed by atoms with Gasteiger partial charge in [0.15, 0.2) is 0 Å². The molecule has 1 atom stereocenters. The Morgan fingerprint density at radius 3 is 3.06 bits per heavy atom. The molecule has 1 fully saturated rings. The van der Waals surface area contributed by atoms with Crippen LogP contribution in [0.2, 0.25) is 0 Å². The lowest BCUT2D eigenvalue weighted by atomic mass is 10.2. The quantitative estimate of drug-likeness (QED) is 0.750. The van der Waals surface area contributed by atoms with Gasteiger partial charge in [-0.3, -0.25) is 10.1 Å². The first-order valence-corrected chi connectivity index (χ1v) is 5.68. The van der Waals surface area contributed by atoms with Crippen molar-refractivity contribution in [1.82, 2.24) is 14.9 Å². The van der Waals surface area contributed by atoms with Crippen molar-refractivity contribution in [1.29, 1.82) is 0 Å². The van der Waals surface area contributed by atoms with Crippen molar-refractivity contribution in [2.75, 3.05) is 0 Å². The zero-order chi connectivity index (χ0) is 11.5. The van der Waals surface area contributed by atoms with E-state index in [2.05, 4.69) is 10.3 Å². The highest BCUT2D eigenvalue weighted by molar-refractivity contribution is 5.74. The van der Waals surface area contributed by atoms with E-state index in [0.717, 1.165) is 25.2 Å². The maximum absolute atomic E-state index is 11.0. The van der Waals surface area contributed by atoms with Gasteiger partial charge in [0.1, 0.15) is 11.9 Å². The van der Waals surface area contributed by atoms with E-state index in [-0.39, 0.29) is 0 Å². The van der Waals surface area contributed by atoms with E-state index in [1.807, 2.05) is 17.7 Å². The maximum atomic E-state index is 11.0. The summed E-state index contributed by atoms with van der Waals surface area (Å²) in [5, 5.41) is 12.1. The Morgan fingerprint density at radius 1 is 1.75 bits per heavy atom. The van der Waals surface area contributed by atoms with E-state index < -0.39 is 12.0 Å². The fraction of sp³-hybridized carbons (Fsp3) is 0.636. The number of nitrogens with one attached hydrogen (secondary N) is 1. The molecule has 2 N–H and O–H groups in total. The predicted octanol–water partition coefficient (Wildman–Crippen LogP) is 0.856. The van der Waals surface area contributed by atoms with Gasteiger partial charge in [-0.1, -0.05) is 0 Å². The van der Waals surface area contributed by atoms with Crippen LogP contribution < -0.4 is 5.32 Å². The maximum Gasteiger partial charge on any atom is 0.320 e. The van der Waals surface area contributed by atoms with Gasteiger partial charge in [-0.25, -0.2) is 4.98 Å². The van der Waals surface area contributed by atoms with Crippen molar-refractivity contribution >= 4 is 5.97 Å². The van der Waals surface area contributed by atoms with Crippen molar-refractivity contribution in [3.8, 4) is 0 Å². The van der Waals surface area contributed by atoms with Crippen molar-refractivity contribution in [3.63, 3.8) is 0 Å². The van der Waals surface area contributed by atoms with Crippen LogP contribution in [0.25, 0.3) is 0 Å². The van der Waals surface area contributed by atoms with Crippen LogP contribution in [0.1, 0.15) is 25.6 Å². The van der Waals surface area contributed by atoms with Gasteiger partial charge in [0.05, 0.1) is 6.54 Å². The number of hydrogen-bond acceptors (Lipinski definition) is 3. The molecule has 0 radical (unpaired) electrons. The summed E-state index contributed by atoms with van der Waals surface area (Å²) in [7, 11) is 0. The van der Waals surface area contributed by atoms with Crippen LogP contribution in [0.3, 0.4) is 0 Å². The first kappa shape index (κ1) is 11.1. The van der Waals surface area contributed by atoms with E-state index in [1.165, 1.54) is 0 Å². The number of carbonyl (C=O) groups is 1. The number of rotatable bonds is 6. The highest BCUT2D eigenvalue weighted by Crippen LogP contribution is 2.32. The molecule has 1 aromatic rings. The van der Waals surface area contributed by atoms with Crippen molar-refractivity contribution in [3.05, 3.63) is 18.2 Å². The molecule has 0 aliphatic heterocycles. The fourth-order valence-electron chi connectivity index (χ4n) is 1.88. The molecule has 16 heavy (non-hydrogen) atoms. The summed E-state index contributed by atoms with van der Waals surface area (Å²) < 4.78 is 2.01. The number of carboxylic acid groups (broad SMARTS) is 1. The van der Waals surface area contributed by atoms with Crippen molar-refractivity contribution in [2.24, 2.45) is 5.92 Å². The third-order valence-electron chi connectivity index (χ3n) is 2.98. The van der Waals surface area contributed by atoms with Gasteiger partial charge in [-0.15, -0.1) is 0 Å². The van der Waals surface area contributed by atoms with Gasteiger partial charge in [-0.05, 0) is 25.7 Å². The molecule has 88 valence electrons. The number of aromatic nitrogens is 2. The van der Waals surface area contributed by atoms with Gasteiger partial charge in [-0.2, -0.15) is 0 Å². The third kappa shape index (κ3) is 2.41. The Labute approximate surface area is 94.5 Å². The van der Waals surface area contributed by atoms with Crippen LogP contribution >= 0.6 is 0 Å². The van der Waals surface area contributed by atoms with E-state index in [4.69, 9.17) is 5.11 Å². The Morgan fingerprint density at radius 2 is 2.50 bits per heavy atom. The largest absolute Gasteiger partial charge is 0.480 e. The minimum atomic E-state index is -0.753. The molecule has 0 spiro atoms. The molecule has 0 aromatic carbocycles. The lowest BCUT2D eigenvalue weighted by Gasteiger charge is -2.13. The summed E-state index contributed by atoms with van der Waals surface area (Å²) >= 11 is 0. The Kier molecular flexibility index (Phi) is 3.24. The molecule has 2 rings (SSSR count). The van der Waals surface area contributed by atoms with E-state index in [0.29, 0.717) is 12.5 Å². The minimum Gasteiger partial charge on any atom is -0.480 e. The monoisotopic (exact) mass is 223 g/mol. The van der Waals surface area contributed by atoms with Gasteiger partial charge >= 0.3 is 5.97 Å². The summed E-state index contributed by atoms with van der Waals surface area (Å²) in [4.78, 5) is 15.2. The molecule has 1 aliphatic carbocycles. The summed E-state index contributed by atoms with van der Waals surface area (Å²) in [6.07, 6.45) is 5.69. The topological polar surface area (TPSA) is 67.2 Å². The van der Waals surface area contributed by atoms with Crippen LogP contribution in [0, 0.1) is 5.92 Å². The number of hydrogen-bond donors (Lipinski definition) is 2. The normalized spacial score (nSPS) is 17.3. The molecule has 1 aromatic heterocycles. The first-order chi connectivity index (χ1) is 7.72. The Hall–Kier alpha value is -1.36. The zero-order valence-electron chi connectivity index (χ0n) is 9.39. The van der Waals surface area contributed by atoms with Crippen LogP contribution in [-0.2, 0) is 17.9 Å². The highest BCUT2D eigenvalue weighted by Gasteiger charge is 2.35. The lowest BCUT2D eigenvalue weighted by Crippen LogP contribution is -2.38. The standard InChI is InChI=1S/C11H17N3O2/c1-2-14-6-5-12-9(14)7-13-10(11(15)16)8-3-4-8/h5-6,8,10,13H,2-4,7H2,1H3,(H,15,16). The summed E-state index contributed by atoms with van der Waals surface area (Å²) in [5.41, 5.74) is 0. The van der Waals surface area contributed by atoms with E-state index in [9.17, 15) is 4.79 Å². The van der Waals surface area contributed by atoms with Crippen molar-refractivity contribution in [2.45, 2.75) is 38.9 Å². The first-order valence-electron chi connectivity index (χ1n) is 5.68. The summed E-state index contributed by atoms with van der Waals surface area (Å²) in [6.45, 7) is 3.42. The second-order valence-electron chi connectivity index (χ2n) is 4.16. The third-order valence-corrected chi connectivity index (χ3v) is 2.98. The predicted molar refractivity (Wildman–Crippen MR) is 58.9 cm³/mol. The van der Waals surface area contributed by atoms with E-state index >= 15 is 0 Å². The second kappa shape index (κ2) is 4.65. The molecule has 0 amide bonds. The van der Waals surface area contributed by atoms with Crippen LogP contribution in [0.15, 0.2) is 12.4 Å². The second-order valence-corrected chi connectivity index (χ2v) is 4.16. The smallest absolute Gasteiger partial charge is 0.320 e. The summed E-state index contributed by atoms with van der Waals surface area (Å²) in [6, 6.07) is -0.415. The number of nitrogens with zero attached hydrogens (tertiary/aromatic N) is 2. The minimum absolute atomic E-state index is 0.308. The van der Waals surface area contributed by atoms with Crippen LogP contribution in [0.5, 0.6) is 0 Å². The van der Waals surface area contributed by atoms with Gasteiger partial charge in [0.2, 0.25) is 0 Å². The van der Waals surface area contributed by atoms with Crippen LogP contribution in [0.4, 0.5) is 0 Å². The SMILES string of the molecule is CCn1ccnc1CNC(C(=O)O)C1CC1. The lowest BCUT2D eigenvalue weighted by molar-refractivity contribution is -0.140. The summed E-state index contributed by atoms with van der Waals surface area (Å²) in [5.74, 6) is 0.453. The number of imidazole rings is 1. The number of carboxylic acids is 1. The molecule has 1 unspecified atom stereocenters. The molecule has 1 saturated carbocycles. The molecule has 5 heteroatoms. The van der Waals surface area contributed by atoms with Crippen LogP contribution in [-0.4, -0.2) is 26.7 Å². The van der Waals surface area contributed by atoms with Gasteiger partial charge in [0, 0.05) is 18.9 Å². The average molecular weight is 223 g/mol. The molecule has 0 saturated heterocycles.